The van der Waals surface area contributed by atoms with Crippen molar-refractivity contribution in [2.75, 3.05) is 6.54 Å². The minimum absolute atomic E-state index is 0.150. The number of aliphatic hydroxyl groups is 1. The van der Waals surface area contributed by atoms with E-state index in [1.165, 1.54) is 0 Å². The Kier molecular flexibility index (Phi) is 4.78. The third kappa shape index (κ3) is 3.48. The summed E-state index contributed by atoms with van der Waals surface area (Å²) in [5, 5.41) is 12.1. The van der Waals surface area contributed by atoms with Gasteiger partial charge in [-0.3, -0.25) is 4.79 Å². The number of aliphatic hydroxyl groups excluding tert-OH is 1. The van der Waals surface area contributed by atoms with Crippen molar-refractivity contribution < 1.29 is 9.90 Å². The highest BCUT2D eigenvalue weighted by molar-refractivity contribution is 5.82. The highest BCUT2D eigenvalue weighted by atomic mass is 16.3. The topological polar surface area (TPSA) is 49.3 Å². The number of hydrogen-bond acceptors (Lipinski definition) is 2. The molecule has 1 fully saturated rings. The van der Waals surface area contributed by atoms with Crippen LogP contribution in [0.4, 0.5) is 0 Å². The molecule has 0 aromatic heterocycles. The molecule has 0 spiro atoms. The molecule has 16 heavy (non-hydrogen) atoms. The van der Waals surface area contributed by atoms with E-state index in [-0.39, 0.29) is 11.3 Å². The van der Waals surface area contributed by atoms with E-state index in [0.29, 0.717) is 12.5 Å². The molecule has 0 aromatic carbocycles. The number of carbonyl (C=O) groups is 1. The van der Waals surface area contributed by atoms with Crippen molar-refractivity contribution in [2.24, 2.45) is 11.3 Å². The summed E-state index contributed by atoms with van der Waals surface area (Å²) in [4.78, 5) is 12.2. The molecule has 1 amide bonds. The molecule has 1 saturated carbocycles. The highest BCUT2D eigenvalue weighted by Crippen LogP contribution is 2.43. The van der Waals surface area contributed by atoms with E-state index < -0.39 is 6.10 Å². The standard InChI is InChI=1S/C13H25NO2/c1-10(2)8-13(6-4-5-7-13)12(16)14-9-11(3)15/h10-11,15H,4-9H2,1-3H3,(H,14,16)/t11-/m1/s1. The second kappa shape index (κ2) is 5.67. The Bertz CT molecular complexity index is 230. The normalized spacial score (nSPS) is 21.1. The summed E-state index contributed by atoms with van der Waals surface area (Å²) in [6.45, 7) is 6.41. The molecule has 1 rings (SSSR count). The minimum atomic E-state index is -0.457. The summed E-state index contributed by atoms with van der Waals surface area (Å²) in [7, 11) is 0. The number of amides is 1. The SMILES string of the molecule is CC(C)CC1(C(=O)NC[C@@H](C)O)CCCC1. The predicted octanol–water partition coefficient (Wildman–Crippen LogP) is 2.09. The maximum Gasteiger partial charge on any atom is 0.226 e. The first kappa shape index (κ1) is 13.5. The lowest BCUT2D eigenvalue weighted by Crippen LogP contribution is -2.42. The number of nitrogens with one attached hydrogen (secondary N) is 1. The van der Waals surface area contributed by atoms with Crippen molar-refractivity contribution in [1.82, 2.24) is 5.32 Å². The van der Waals surface area contributed by atoms with Gasteiger partial charge in [0.05, 0.1) is 6.10 Å². The van der Waals surface area contributed by atoms with Crippen molar-refractivity contribution in [3.05, 3.63) is 0 Å². The van der Waals surface area contributed by atoms with Gasteiger partial charge in [-0.25, -0.2) is 0 Å². The second-order valence-corrected chi connectivity index (χ2v) is 5.64. The fraction of sp³-hybridized carbons (Fsp3) is 0.923. The summed E-state index contributed by atoms with van der Waals surface area (Å²) in [6, 6.07) is 0. The monoisotopic (exact) mass is 227 g/mol. The van der Waals surface area contributed by atoms with Gasteiger partial charge in [-0.2, -0.15) is 0 Å². The summed E-state index contributed by atoms with van der Waals surface area (Å²) in [5.74, 6) is 0.704. The van der Waals surface area contributed by atoms with Crippen LogP contribution in [-0.2, 0) is 4.79 Å². The molecule has 0 unspecified atom stereocenters. The summed E-state index contributed by atoms with van der Waals surface area (Å²) in [5.41, 5.74) is -0.150. The number of carbonyl (C=O) groups excluding carboxylic acids is 1. The number of hydrogen-bond donors (Lipinski definition) is 2. The quantitative estimate of drug-likeness (QED) is 0.755. The average Bonchev–Trinajstić information content (AvgIpc) is 2.62. The van der Waals surface area contributed by atoms with Gasteiger partial charge in [-0.05, 0) is 32.1 Å². The molecule has 0 radical (unpaired) electrons. The third-order valence-corrected chi connectivity index (χ3v) is 3.40. The number of rotatable bonds is 5. The van der Waals surface area contributed by atoms with E-state index in [1.807, 2.05) is 0 Å². The van der Waals surface area contributed by atoms with E-state index in [9.17, 15) is 9.90 Å². The molecule has 1 atom stereocenters. The van der Waals surface area contributed by atoms with Gasteiger partial charge in [0, 0.05) is 12.0 Å². The van der Waals surface area contributed by atoms with Crippen LogP contribution in [0.5, 0.6) is 0 Å². The van der Waals surface area contributed by atoms with Crippen molar-refractivity contribution >= 4 is 5.91 Å². The van der Waals surface area contributed by atoms with E-state index in [4.69, 9.17) is 0 Å². The molecular weight excluding hydrogens is 202 g/mol. The van der Waals surface area contributed by atoms with E-state index >= 15 is 0 Å². The predicted molar refractivity (Wildman–Crippen MR) is 65.0 cm³/mol. The van der Waals surface area contributed by atoms with E-state index in [1.54, 1.807) is 6.92 Å². The van der Waals surface area contributed by atoms with Crippen LogP contribution in [0.15, 0.2) is 0 Å². The zero-order valence-corrected chi connectivity index (χ0v) is 10.8. The van der Waals surface area contributed by atoms with E-state index in [2.05, 4.69) is 19.2 Å². The van der Waals surface area contributed by atoms with Crippen LogP contribution in [0.3, 0.4) is 0 Å². The molecule has 0 saturated heterocycles. The zero-order chi connectivity index (χ0) is 12.2. The van der Waals surface area contributed by atoms with Gasteiger partial charge >= 0.3 is 0 Å². The summed E-state index contributed by atoms with van der Waals surface area (Å²) >= 11 is 0. The van der Waals surface area contributed by atoms with Crippen molar-refractivity contribution in [1.29, 1.82) is 0 Å². The molecule has 0 aliphatic heterocycles. The third-order valence-electron chi connectivity index (χ3n) is 3.40. The minimum Gasteiger partial charge on any atom is -0.392 e. The molecule has 0 aromatic rings. The largest absolute Gasteiger partial charge is 0.392 e. The molecule has 1 aliphatic carbocycles. The molecule has 3 heteroatoms. The maximum atomic E-state index is 12.2. The Morgan fingerprint density at radius 3 is 2.31 bits per heavy atom. The van der Waals surface area contributed by atoms with Crippen LogP contribution in [0.1, 0.15) is 52.9 Å². The Labute approximate surface area is 98.6 Å². The molecule has 94 valence electrons. The average molecular weight is 227 g/mol. The van der Waals surface area contributed by atoms with Crippen LogP contribution in [0.2, 0.25) is 0 Å². The van der Waals surface area contributed by atoms with Gasteiger partial charge in [-0.1, -0.05) is 26.7 Å². The van der Waals surface area contributed by atoms with Gasteiger partial charge in [0.25, 0.3) is 0 Å². The molecule has 0 heterocycles. The molecule has 3 nitrogen and oxygen atoms in total. The van der Waals surface area contributed by atoms with Crippen LogP contribution < -0.4 is 5.32 Å². The van der Waals surface area contributed by atoms with Crippen molar-refractivity contribution in [2.45, 2.75) is 59.0 Å². The zero-order valence-electron chi connectivity index (χ0n) is 10.8. The van der Waals surface area contributed by atoms with Crippen LogP contribution in [-0.4, -0.2) is 23.7 Å². The molecule has 0 bridgehead atoms. The van der Waals surface area contributed by atoms with Gasteiger partial charge in [0.2, 0.25) is 5.91 Å². The van der Waals surface area contributed by atoms with Gasteiger partial charge in [0.15, 0.2) is 0 Å². The Balaban J connectivity index is 2.58. The van der Waals surface area contributed by atoms with Crippen LogP contribution in [0, 0.1) is 11.3 Å². The summed E-state index contributed by atoms with van der Waals surface area (Å²) < 4.78 is 0. The van der Waals surface area contributed by atoms with Gasteiger partial charge in [0.1, 0.15) is 0 Å². The molecule has 1 aliphatic rings. The summed E-state index contributed by atoms with van der Waals surface area (Å²) in [6.07, 6.45) is 4.86. The molecular formula is C13H25NO2. The first-order chi connectivity index (χ1) is 7.46. The van der Waals surface area contributed by atoms with Crippen LogP contribution in [0.25, 0.3) is 0 Å². The lowest BCUT2D eigenvalue weighted by atomic mass is 9.77. The lowest BCUT2D eigenvalue weighted by molar-refractivity contribution is -0.132. The van der Waals surface area contributed by atoms with Gasteiger partial charge < -0.3 is 10.4 Å². The first-order valence-electron chi connectivity index (χ1n) is 6.43. The van der Waals surface area contributed by atoms with E-state index in [0.717, 1.165) is 32.1 Å². The van der Waals surface area contributed by atoms with Crippen molar-refractivity contribution in [3.63, 3.8) is 0 Å². The van der Waals surface area contributed by atoms with Crippen molar-refractivity contribution in [3.8, 4) is 0 Å². The molecule has 2 N–H and O–H groups in total. The fourth-order valence-electron chi connectivity index (χ4n) is 2.79. The maximum absolute atomic E-state index is 12.2. The Morgan fingerprint density at radius 1 is 1.31 bits per heavy atom. The lowest BCUT2D eigenvalue weighted by Gasteiger charge is -2.29. The smallest absolute Gasteiger partial charge is 0.226 e. The van der Waals surface area contributed by atoms with Gasteiger partial charge in [-0.15, -0.1) is 0 Å². The Morgan fingerprint density at radius 2 is 1.88 bits per heavy atom. The fourth-order valence-corrected chi connectivity index (χ4v) is 2.79. The highest BCUT2D eigenvalue weighted by Gasteiger charge is 2.41. The Hall–Kier alpha value is -0.570. The first-order valence-corrected chi connectivity index (χ1v) is 6.43. The van der Waals surface area contributed by atoms with Crippen LogP contribution >= 0.6 is 0 Å². The second-order valence-electron chi connectivity index (χ2n) is 5.64.